The molecule has 3 N–H and O–H groups in total. The molecule has 14 heteroatoms. The van der Waals surface area contributed by atoms with Gasteiger partial charge in [0.2, 0.25) is 0 Å². The third-order valence-electron chi connectivity index (χ3n) is 11.8. The second-order valence-corrected chi connectivity index (χ2v) is 17.9. The highest BCUT2D eigenvalue weighted by molar-refractivity contribution is 7.90. The van der Waals surface area contributed by atoms with Crippen molar-refractivity contribution in [3.63, 3.8) is 0 Å². The zero-order chi connectivity index (χ0) is 37.4. The number of rotatable bonds is 4. The Morgan fingerprint density at radius 3 is 2.72 bits per heavy atom. The van der Waals surface area contributed by atoms with E-state index in [1.54, 1.807) is 18.2 Å². The second kappa shape index (κ2) is 15.4. The minimum absolute atomic E-state index is 0.00210. The van der Waals surface area contributed by atoms with Crippen LogP contribution in [0.15, 0.2) is 53.4 Å². The molecule has 1 saturated carbocycles. The number of halogens is 1. The Labute approximate surface area is 317 Å². The minimum Gasteiger partial charge on any atom is -0.490 e. The first kappa shape index (κ1) is 37.9. The lowest BCUT2D eigenvalue weighted by atomic mass is 9.68. The molecule has 2 aromatic carbocycles. The van der Waals surface area contributed by atoms with E-state index in [9.17, 15) is 23.1 Å². The van der Waals surface area contributed by atoms with E-state index in [1.165, 1.54) is 31.0 Å². The molecule has 4 atom stereocenters. The predicted molar refractivity (Wildman–Crippen MR) is 201 cm³/mol. The summed E-state index contributed by atoms with van der Waals surface area (Å²) in [5.41, 5.74) is 1.20. The number of hydrogen-bond acceptors (Lipinski definition) is 10. The van der Waals surface area contributed by atoms with Gasteiger partial charge in [0.1, 0.15) is 17.5 Å². The first-order chi connectivity index (χ1) is 25.3. The molecule has 3 aliphatic heterocycles. The molecule has 2 bridgehead atoms. The average molecular weight is 771 g/mol. The van der Waals surface area contributed by atoms with Crippen LogP contribution in [0.2, 0.25) is 5.02 Å². The highest BCUT2D eigenvalue weighted by Gasteiger charge is 2.45. The van der Waals surface area contributed by atoms with Gasteiger partial charge in [-0.25, -0.2) is 17.9 Å². The third kappa shape index (κ3) is 8.34. The van der Waals surface area contributed by atoms with Crippen molar-refractivity contribution in [2.75, 3.05) is 57.4 Å². The fourth-order valence-corrected chi connectivity index (χ4v) is 9.82. The molecule has 53 heavy (non-hydrogen) atoms. The lowest BCUT2D eigenvalue weighted by Crippen LogP contribution is -2.50. The van der Waals surface area contributed by atoms with Crippen LogP contribution in [0.25, 0.3) is 0 Å². The molecule has 7 rings (SSSR count). The molecule has 2 aliphatic carbocycles. The SMILES string of the molecule is CC1(C)OCC=C[C@H](OC(=O)NCCN2CCC(O)CC2)[C@@H]2CC[C@H]2CN2C[C@@]3(CCCc4cc(Cl)ccc43)COc3ccc(cc32)S(=O)(=O)NC1=O. The summed E-state index contributed by atoms with van der Waals surface area (Å²) < 4.78 is 48.1. The summed E-state index contributed by atoms with van der Waals surface area (Å²) in [6, 6.07) is 10.8. The molecular weight excluding hydrogens is 720 g/mol. The van der Waals surface area contributed by atoms with Crippen molar-refractivity contribution in [1.29, 1.82) is 0 Å². The molecule has 2 fully saturated rings. The number of amides is 2. The van der Waals surface area contributed by atoms with E-state index < -0.39 is 33.7 Å². The van der Waals surface area contributed by atoms with Crippen molar-refractivity contribution in [1.82, 2.24) is 14.9 Å². The number of nitrogens with zero attached hydrogens (tertiary/aromatic N) is 2. The number of nitrogens with one attached hydrogen (secondary N) is 2. The number of benzene rings is 2. The Bertz CT molecular complexity index is 1830. The van der Waals surface area contributed by atoms with Gasteiger partial charge in [0.15, 0.2) is 0 Å². The van der Waals surface area contributed by atoms with Gasteiger partial charge >= 0.3 is 6.09 Å². The molecule has 288 valence electrons. The summed E-state index contributed by atoms with van der Waals surface area (Å²) >= 11 is 6.44. The Morgan fingerprint density at radius 1 is 1.13 bits per heavy atom. The minimum atomic E-state index is -4.25. The molecule has 3 heterocycles. The number of carbonyl (C=O) groups is 2. The van der Waals surface area contributed by atoms with Crippen LogP contribution >= 0.6 is 11.6 Å². The summed E-state index contributed by atoms with van der Waals surface area (Å²) in [4.78, 5) is 31.0. The molecule has 12 nitrogen and oxygen atoms in total. The Hall–Kier alpha value is -3.36. The zero-order valence-corrected chi connectivity index (χ0v) is 32.1. The second-order valence-electron chi connectivity index (χ2n) is 15.8. The largest absolute Gasteiger partial charge is 0.490 e. The number of alkyl carbamates (subject to hydrolysis) is 1. The van der Waals surface area contributed by atoms with Gasteiger partial charge in [0.05, 0.1) is 29.9 Å². The van der Waals surface area contributed by atoms with Gasteiger partial charge in [-0.2, -0.15) is 0 Å². The molecular formula is C39H51ClN4O8S. The summed E-state index contributed by atoms with van der Waals surface area (Å²) in [6.45, 7) is 7.31. The van der Waals surface area contributed by atoms with Crippen LogP contribution in [0, 0.1) is 11.8 Å². The summed E-state index contributed by atoms with van der Waals surface area (Å²) in [6.07, 6.45) is 8.25. The Kier molecular flexibility index (Phi) is 11.0. The van der Waals surface area contributed by atoms with Gasteiger partial charge in [0, 0.05) is 55.6 Å². The number of hydrogen-bond donors (Lipinski definition) is 3. The van der Waals surface area contributed by atoms with Crippen molar-refractivity contribution in [3.05, 3.63) is 64.7 Å². The van der Waals surface area contributed by atoms with E-state index in [-0.39, 0.29) is 34.9 Å². The van der Waals surface area contributed by atoms with Crippen LogP contribution in [-0.4, -0.2) is 101 Å². The number of aliphatic hydroxyl groups excluding tert-OH is 1. The maximum atomic E-state index is 13.7. The zero-order valence-electron chi connectivity index (χ0n) is 30.5. The highest BCUT2D eigenvalue weighted by atomic mass is 35.5. The van der Waals surface area contributed by atoms with Gasteiger partial charge in [-0.3, -0.25) is 4.79 Å². The van der Waals surface area contributed by atoms with Crippen LogP contribution in [0.4, 0.5) is 10.5 Å². The third-order valence-corrected chi connectivity index (χ3v) is 13.4. The molecule has 2 aromatic rings. The van der Waals surface area contributed by atoms with Gasteiger partial charge in [-0.1, -0.05) is 23.7 Å². The number of piperidine rings is 1. The van der Waals surface area contributed by atoms with E-state index in [2.05, 4.69) is 25.9 Å². The molecule has 2 amide bonds. The van der Waals surface area contributed by atoms with Gasteiger partial charge in [-0.05, 0) is 112 Å². The number of carbonyl (C=O) groups excluding carboxylic acids is 2. The first-order valence-corrected chi connectivity index (χ1v) is 20.7. The van der Waals surface area contributed by atoms with Crippen LogP contribution in [-0.2, 0) is 36.1 Å². The van der Waals surface area contributed by atoms with Crippen LogP contribution < -0.4 is 19.7 Å². The van der Waals surface area contributed by atoms with E-state index in [4.69, 9.17) is 25.8 Å². The smallest absolute Gasteiger partial charge is 0.407 e. The maximum absolute atomic E-state index is 13.7. The topological polar surface area (TPSA) is 147 Å². The first-order valence-electron chi connectivity index (χ1n) is 18.9. The van der Waals surface area contributed by atoms with Crippen LogP contribution in [0.3, 0.4) is 0 Å². The van der Waals surface area contributed by atoms with Crippen molar-refractivity contribution in [2.45, 2.75) is 86.9 Å². The molecule has 0 radical (unpaired) electrons. The number of fused-ring (bicyclic) bond motifs is 4. The maximum Gasteiger partial charge on any atom is 0.407 e. The van der Waals surface area contributed by atoms with Gasteiger partial charge < -0.3 is 34.4 Å². The lowest BCUT2D eigenvalue weighted by Gasteiger charge is -2.46. The van der Waals surface area contributed by atoms with Crippen molar-refractivity contribution < 1.29 is 37.3 Å². The van der Waals surface area contributed by atoms with Crippen molar-refractivity contribution in [3.8, 4) is 5.75 Å². The van der Waals surface area contributed by atoms with E-state index in [0.29, 0.717) is 49.2 Å². The molecule has 1 spiro atoms. The number of ether oxygens (including phenoxy) is 3. The summed E-state index contributed by atoms with van der Waals surface area (Å²) in [7, 11) is -4.25. The quantitative estimate of drug-likeness (QED) is 0.379. The Balaban J connectivity index is 1.19. The number of sulfonamides is 1. The monoisotopic (exact) mass is 770 g/mol. The number of anilines is 1. The lowest BCUT2D eigenvalue weighted by molar-refractivity contribution is -0.139. The van der Waals surface area contributed by atoms with Crippen molar-refractivity contribution >= 4 is 39.3 Å². The number of aryl methyl sites for hydroxylation is 1. The molecule has 0 unspecified atom stereocenters. The fourth-order valence-electron chi connectivity index (χ4n) is 8.51. The average Bonchev–Trinajstić information content (AvgIpc) is 3.25. The van der Waals surface area contributed by atoms with E-state index in [0.717, 1.165) is 58.0 Å². The van der Waals surface area contributed by atoms with Gasteiger partial charge in [-0.15, -0.1) is 0 Å². The fraction of sp³-hybridized carbons (Fsp3) is 0.590. The standard InChI is InChI=1S/C39H51ClN4O8S/c1-38(2)36(46)42-53(48,49)30-9-12-35-33(22-30)44(24-39(25-50-35)15-3-5-26-21-28(40)8-11-32(26)39)23-27-7-10-31(27)34(6-4-20-51-38)52-37(47)41-16-19-43-17-13-29(45)14-18-43/h4,6,8-9,11-12,21-22,27,29,31,34,45H,3,5,7,10,13-20,23-25H2,1-2H3,(H,41,47)(H,42,46)/t27-,31+,34-,39-/m0/s1. The molecule has 0 aromatic heterocycles. The number of likely N-dealkylation sites (tertiary alicyclic amines) is 1. The normalized spacial score (nSPS) is 28.7. The van der Waals surface area contributed by atoms with Crippen LogP contribution in [0.5, 0.6) is 5.75 Å². The Morgan fingerprint density at radius 2 is 1.94 bits per heavy atom. The predicted octanol–water partition coefficient (Wildman–Crippen LogP) is 4.56. The molecule has 5 aliphatic rings. The van der Waals surface area contributed by atoms with E-state index in [1.807, 2.05) is 18.2 Å². The summed E-state index contributed by atoms with van der Waals surface area (Å²) in [5, 5.41) is 13.4. The van der Waals surface area contributed by atoms with Crippen LogP contribution in [0.1, 0.15) is 63.5 Å². The number of aliphatic hydroxyl groups is 1. The van der Waals surface area contributed by atoms with Gasteiger partial charge in [0.25, 0.3) is 15.9 Å². The summed E-state index contributed by atoms with van der Waals surface area (Å²) in [5.74, 6) is -0.104. The molecule has 1 saturated heterocycles. The van der Waals surface area contributed by atoms with E-state index >= 15 is 0 Å². The highest BCUT2D eigenvalue weighted by Crippen LogP contribution is 2.47. The van der Waals surface area contributed by atoms with Crippen molar-refractivity contribution in [2.24, 2.45) is 11.8 Å².